The molecule has 0 aromatic rings. The second-order valence-corrected chi connectivity index (χ2v) is 3.79. The molecule has 2 unspecified atom stereocenters. The van der Waals surface area contributed by atoms with E-state index in [-0.39, 0.29) is 24.7 Å². The molecular weight excluding hydrogens is 154 g/mol. The molecule has 0 bridgehead atoms. The summed E-state index contributed by atoms with van der Waals surface area (Å²) >= 11 is 0. The van der Waals surface area contributed by atoms with Gasteiger partial charge in [-0.25, -0.2) is 0 Å². The fourth-order valence-corrected chi connectivity index (χ4v) is 0.778. The monoisotopic (exact) mass is 175 g/mol. The third kappa shape index (κ3) is 4.04. The molecule has 2 atom stereocenters. The van der Waals surface area contributed by atoms with Gasteiger partial charge in [-0.2, -0.15) is 0 Å². The summed E-state index contributed by atoms with van der Waals surface area (Å²) < 4.78 is 0. The van der Waals surface area contributed by atoms with Gasteiger partial charge in [0, 0.05) is 24.6 Å². The van der Waals surface area contributed by atoms with Gasteiger partial charge in [-0.15, -0.1) is 0 Å². The van der Waals surface area contributed by atoms with Crippen molar-refractivity contribution in [2.45, 2.75) is 33.2 Å². The molecule has 0 saturated carbocycles. The number of aliphatic hydroxyl groups is 2. The van der Waals surface area contributed by atoms with Gasteiger partial charge in [0.1, 0.15) is 0 Å². The van der Waals surface area contributed by atoms with Crippen molar-refractivity contribution in [2.24, 2.45) is 5.41 Å². The molecule has 0 rings (SSSR count). The second kappa shape index (κ2) is 5.51. The second-order valence-electron chi connectivity index (χ2n) is 3.79. The van der Waals surface area contributed by atoms with Crippen LogP contribution in [0.2, 0.25) is 0 Å². The van der Waals surface area contributed by atoms with Crippen molar-refractivity contribution in [1.29, 1.82) is 0 Å². The lowest BCUT2D eigenvalue weighted by Crippen LogP contribution is -2.40. The highest BCUT2D eigenvalue weighted by molar-refractivity contribution is 4.75. The van der Waals surface area contributed by atoms with Crippen LogP contribution in [0.15, 0.2) is 0 Å². The molecule has 0 aromatic heterocycles. The topological polar surface area (TPSA) is 52.5 Å². The Morgan fingerprint density at radius 1 is 1.42 bits per heavy atom. The average Bonchev–Trinajstić information content (AvgIpc) is 2.13. The third-order valence-corrected chi connectivity index (χ3v) is 2.39. The van der Waals surface area contributed by atoms with Crippen molar-refractivity contribution in [3.63, 3.8) is 0 Å². The largest absolute Gasteiger partial charge is 0.396 e. The van der Waals surface area contributed by atoms with Gasteiger partial charge in [0.05, 0.1) is 6.61 Å². The highest BCUT2D eigenvalue weighted by atomic mass is 16.3. The highest BCUT2D eigenvalue weighted by Gasteiger charge is 2.20. The molecule has 3 nitrogen and oxygen atoms in total. The summed E-state index contributed by atoms with van der Waals surface area (Å²) in [5.74, 6) is 0. The smallest absolute Gasteiger partial charge is 0.0581 e. The first-order chi connectivity index (χ1) is 5.58. The van der Waals surface area contributed by atoms with Crippen LogP contribution in [-0.2, 0) is 0 Å². The predicted octanol–water partition coefficient (Wildman–Crippen LogP) is 0.365. The molecule has 3 N–H and O–H groups in total. The van der Waals surface area contributed by atoms with E-state index >= 15 is 0 Å². The minimum Gasteiger partial charge on any atom is -0.396 e. The Labute approximate surface area is 74.8 Å². The highest BCUT2D eigenvalue weighted by Crippen LogP contribution is 2.18. The van der Waals surface area contributed by atoms with Gasteiger partial charge in [-0.05, 0) is 13.3 Å². The SMILES string of the molecule is CCC(C)(CO)CNC(C)CO. The zero-order valence-corrected chi connectivity index (χ0v) is 8.30. The maximum absolute atomic E-state index is 9.07. The number of hydrogen-bond donors (Lipinski definition) is 3. The van der Waals surface area contributed by atoms with Gasteiger partial charge in [0.2, 0.25) is 0 Å². The van der Waals surface area contributed by atoms with Crippen LogP contribution in [0.3, 0.4) is 0 Å². The standard InChI is InChI=1S/C9H21NO2/c1-4-9(3,7-12)6-10-8(2)5-11/h8,10-12H,4-7H2,1-3H3. The van der Waals surface area contributed by atoms with Gasteiger partial charge in [0.25, 0.3) is 0 Å². The Bertz CT molecular complexity index is 113. The zero-order valence-electron chi connectivity index (χ0n) is 8.30. The Hall–Kier alpha value is -0.120. The van der Waals surface area contributed by atoms with E-state index in [9.17, 15) is 0 Å². The first kappa shape index (κ1) is 11.9. The molecule has 12 heavy (non-hydrogen) atoms. The van der Waals surface area contributed by atoms with Crippen molar-refractivity contribution < 1.29 is 10.2 Å². The molecule has 0 spiro atoms. The fourth-order valence-electron chi connectivity index (χ4n) is 0.778. The van der Waals surface area contributed by atoms with Crippen molar-refractivity contribution in [2.75, 3.05) is 19.8 Å². The van der Waals surface area contributed by atoms with Crippen LogP contribution < -0.4 is 5.32 Å². The van der Waals surface area contributed by atoms with Crippen LogP contribution in [0.1, 0.15) is 27.2 Å². The molecule has 0 aromatic carbocycles. The van der Waals surface area contributed by atoms with E-state index in [0.717, 1.165) is 13.0 Å². The molecule has 0 heterocycles. The lowest BCUT2D eigenvalue weighted by molar-refractivity contribution is 0.127. The van der Waals surface area contributed by atoms with E-state index in [1.54, 1.807) is 0 Å². The molecular formula is C9H21NO2. The van der Waals surface area contributed by atoms with Crippen LogP contribution >= 0.6 is 0 Å². The van der Waals surface area contributed by atoms with E-state index < -0.39 is 0 Å². The summed E-state index contributed by atoms with van der Waals surface area (Å²) in [5, 5.41) is 21.0. The van der Waals surface area contributed by atoms with E-state index in [0.29, 0.717) is 0 Å². The summed E-state index contributed by atoms with van der Waals surface area (Å²) in [6, 6.07) is 0.113. The third-order valence-electron chi connectivity index (χ3n) is 2.39. The Morgan fingerprint density at radius 3 is 2.33 bits per heavy atom. The van der Waals surface area contributed by atoms with Gasteiger partial charge in [0.15, 0.2) is 0 Å². The molecule has 0 amide bonds. The first-order valence-electron chi connectivity index (χ1n) is 4.53. The van der Waals surface area contributed by atoms with Crippen LogP contribution in [0.25, 0.3) is 0 Å². The molecule has 0 radical (unpaired) electrons. The van der Waals surface area contributed by atoms with Gasteiger partial charge in [-0.1, -0.05) is 13.8 Å². The number of nitrogens with one attached hydrogen (secondary N) is 1. The molecule has 0 aliphatic carbocycles. The molecule has 74 valence electrons. The van der Waals surface area contributed by atoms with Gasteiger partial charge in [-0.3, -0.25) is 0 Å². The molecule has 0 aliphatic heterocycles. The van der Waals surface area contributed by atoms with E-state index in [2.05, 4.69) is 12.2 Å². The van der Waals surface area contributed by atoms with Crippen molar-refractivity contribution in [3.8, 4) is 0 Å². The van der Waals surface area contributed by atoms with E-state index in [4.69, 9.17) is 10.2 Å². The number of aliphatic hydroxyl groups excluding tert-OH is 2. The summed E-state index contributed by atoms with van der Waals surface area (Å²) in [4.78, 5) is 0. The maximum Gasteiger partial charge on any atom is 0.0581 e. The minimum atomic E-state index is -0.0522. The zero-order chi connectivity index (χ0) is 9.61. The van der Waals surface area contributed by atoms with E-state index in [1.807, 2.05) is 13.8 Å². The first-order valence-corrected chi connectivity index (χ1v) is 4.53. The number of hydrogen-bond acceptors (Lipinski definition) is 3. The van der Waals surface area contributed by atoms with Crippen LogP contribution in [0.4, 0.5) is 0 Å². The molecule has 3 heteroatoms. The summed E-state index contributed by atoms with van der Waals surface area (Å²) in [6.07, 6.45) is 0.939. The van der Waals surface area contributed by atoms with Crippen molar-refractivity contribution in [1.82, 2.24) is 5.32 Å². The predicted molar refractivity (Wildman–Crippen MR) is 50.0 cm³/mol. The molecule has 0 saturated heterocycles. The van der Waals surface area contributed by atoms with Crippen LogP contribution in [0.5, 0.6) is 0 Å². The van der Waals surface area contributed by atoms with Crippen LogP contribution in [-0.4, -0.2) is 36.0 Å². The Balaban J connectivity index is 3.72. The van der Waals surface area contributed by atoms with E-state index in [1.165, 1.54) is 0 Å². The Kier molecular flexibility index (Phi) is 5.46. The van der Waals surface area contributed by atoms with Gasteiger partial charge < -0.3 is 15.5 Å². The normalized spacial score (nSPS) is 18.8. The summed E-state index contributed by atoms with van der Waals surface area (Å²) in [6.45, 7) is 7.10. The minimum absolute atomic E-state index is 0.0522. The van der Waals surface area contributed by atoms with Crippen molar-refractivity contribution in [3.05, 3.63) is 0 Å². The summed E-state index contributed by atoms with van der Waals surface area (Å²) in [5.41, 5.74) is -0.0522. The molecule has 0 aliphatic rings. The average molecular weight is 175 g/mol. The fraction of sp³-hybridized carbons (Fsp3) is 1.00. The lowest BCUT2D eigenvalue weighted by atomic mass is 9.88. The van der Waals surface area contributed by atoms with Gasteiger partial charge >= 0.3 is 0 Å². The van der Waals surface area contributed by atoms with Crippen LogP contribution in [0, 0.1) is 5.41 Å². The summed E-state index contributed by atoms with van der Waals surface area (Å²) in [7, 11) is 0. The quantitative estimate of drug-likeness (QED) is 0.546. The Morgan fingerprint density at radius 2 is 2.00 bits per heavy atom. The lowest BCUT2D eigenvalue weighted by Gasteiger charge is -2.27. The van der Waals surface area contributed by atoms with Crippen molar-refractivity contribution >= 4 is 0 Å². The maximum atomic E-state index is 9.07. The number of rotatable bonds is 6. The molecule has 0 fully saturated rings.